The van der Waals surface area contributed by atoms with Crippen LogP contribution in [0.3, 0.4) is 0 Å². The highest BCUT2D eigenvalue weighted by molar-refractivity contribution is 7.83. The van der Waals surface area contributed by atoms with Crippen molar-refractivity contribution in [3.63, 3.8) is 0 Å². The first kappa shape index (κ1) is 22.4. The van der Waals surface area contributed by atoms with Crippen molar-refractivity contribution in [2.75, 3.05) is 5.75 Å². The SMILES string of the molecule is C=C(C[C@H](NS(=O)CC(C)(C)C)c1ccc(C(F)(F)F)cc1)c1ccccc1. The van der Waals surface area contributed by atoms with E-state index in [0.717, 1.165) is 23.3 Å². The van der Waals surface area contributed by atoms with Crippen LogP contribution < -0.4 is 4.72 Å². The van der Waals surface area contributed by atoms with E-state index < -0.39 is 28.8 Å². The summed E-state index contributed by atoms with van der Waals surface area (Å²) in [6, 6.07) is 14.2. The van der Waals surface area contributed by atoms with Gasteiger partial charge < -0.3 is 0 Å². The molecule has 2 rings (SSSR count). The molecule has 0 aliphatic rings. The lowest BCUT2D eigenvalue weighted by Gasteiger charge is -2.24. The minimum Gasteiger partial charge on any atom is -0.243 e. The topological polar surface area (TPSA) is 29.1 Å². The van der Waals surface area contributed by atoms with Gasteiger partial charge in [0.25, 0.3) is 0 Å². The minimum atomic E-state index is -4.38. The normalized spacial score (nSPS) is 14.5. The number of nitrogens with one attached hydrogen (secondary N) is 1. The summed E-state index contributed by atoms with van der Waals surface area (Å²) >= 11 is 0. The lowest BCUT2D eigenvalue weighted by molar-refractivity contribution is -0.137. The molecule has 1 unspecified atom stereocenters. The molecule has 0 saturated heterocycles. The van der Waals surface area contributed by atoms with E-state index in [1.54, 1.807) is 0 Å². The standard InChI is InChI=1S/C22H26F3NOS/c1-16(17-8-6-5-7-9-17)14-20(26-28(27)15-21(2,3)4)18-10-12-19(13-11-18)22(23,24)25/h5-13,20,26H,1,14-15H2,2-4H3/t20-,28?/m0/s1. The molecule has 2 nitrogen and oxygen atoms in total. The van der Waals surface area contributed by atoms with Crippen LogP contribution in [0.25, 0.3) is 5.57 Å². The third kappa shape index (κ3) is 6.91. The van der Waals surface area contributed by atoms with Gasteiger partial charge in [-0.25, -0.2) is 8.93 Å². The Bertz CT molecular complexity index is 808. The zero-order valence-electron chi connectivity index (χ0n) is 16.3. The highest BCUT2D eigenvalue weighted by Gasteiger charge is 2.30. The zero-order valence-corrected chi connectivity index (χ0v) is 17.2. The second kappa shape index (κ2) is 9.05. The molecule has 0 heterocycles. The molecule has 2 aromatic rings. The van der Waals surface area contributed by atoms with Crippen LogP contribution in [0.15, 0.2) is 61.2 Å². The Balaban J connectivity index is 2.25. The van der Waals surface area contributed by atoms with E-state index in [9.17, 15) is 17.4 Å². The molecule has 0 aromatic heterocycles. The molecule has 2 aromatic carbocycles. The summed E-state index contributed by atoms with van der Waals surface area (Å²) in [7, 11) is -1.33. The molecule has 28 heavy (non-hydrogen) atoms. The van der Waals surface area contributed by atoms with Gasteiger partial charge in [0.15, 0.2) is 0 Å². The smallest absolute Gasteiger partial charge is 0.243 e. The van der Waals surface area contributed by atoms with Crippen molar-refractivity contribution in [3.05, 3.63) is 77.9 Å². The summed E-state index contributed by atoms with van der Waals surface area (Å²) in [5, 5.41) is 0. The third-order valence-corrected chi connectivity index (χ3v) is 5.79. The first-order valence-corrected chi connectivity index (χ1v) is 10.3. The third-order valence-electron chi connectivity index (χ3n) is 4.11. The van der Waals surface area contributed by atoms with Gasteiger partial charge in [-0.1, -0.05) is 69.8 Å². The van der Waals surface area contributed by atoms with Crippen LogP contribution in [0.5, 0.6) is 0 Å². The van der Waals surface area contributed by atoms with Crippen molar-refractivity contribution < 1.29 is 17.4 Å². The molecule has 0 spiro atoms. The Labute approximate surface area is 167 Å². The van der Waals surface area contributed by atoms with Crippen molar-refractivity contribution >= 4 is 16.6 Å². The minimum absolute atomic E-state index is 0.140. The largest absolute Gasteiger partial charge is 0.416 e. The molecular formula is C22H26F3NOS. The number of benzene rings is 2. The molecule has 1 N–H and O–H groups in total. The Morgan fingerprint density at radius 2 is 1.61 bits per heavy atom. The Hall–Kier alpha value is -1.92. The predicted molar refractivity (Wildman–Crippen MR) is 110 cm³/mol. The fourth-order valence-corrected chi connectivity index (χ4v) is 4.17. The van der Waals surface area contributed by atoms with Gasteiger partial charge in [0.1, 0.15) is 0 Å². The number of hydrogen-bond donors (Lipinski definition) is 1. The fraction of sp³-hybridized carbons (Fsp3) is 0.364. The summed E-state index contributed by atoms with van der Waals surface area (Å²) < 4.78 is 54.3. The van der Waals surface area contributed by atoms with E-state index in [4.69, 9.17) is 0 Å². The summed E-state index contributed by atoms with van der Waals surface area (Å²) in [5.74, 6) is 0.432. The summed E-state index contributed by atoms with van der Waals surface area (Å²) in [6.07, 6.45) is -3.95. The molecule has 0 fully saturated rings. The first-order chi connectivity index (χ1) is 13.0. The van der Waals surface area contributed by atoms with E-state index in [2.05, 4.69) is 11.3 Å². The molecule has 0 aliphatic heterocycles. The van der Waals surface area contributed by atoms with E-state index >= 15 is 0 Å². The van der Waals surface area contributed by atoms with Gasteiger partial charge in [0, 0.05) is 11.8 Å². The van der Waals surface area contributed by atoms with Crippen molar-refractivity contribution in [1.82, 2.24) is 4.72 Å². The maximum atomic E-state index is 12.9. The molecule has 152 valence electrons. The second-order valence-corrected chi connectivity index (χ2v) is 9.23. The summed E-state index contributed by atoms with van der Waals surface area (Å²) in [5.41, 5.74) is 1.58. The van der Waals surface area contributed by atoms with E-state index in [1.165, 1.54) is 12.1 Å². The predicted octanol–water partition coefficient (Wildman–Crippen LogP) is 6.15. The van der Waals surface area contributed by atoms with Crippen LogP contribution >= 0.6 is 0 Å². The van der Waals surface area contributed by atoms with E-state index in [-0.39, 0.29) is 5.41 Å². The quantitative estimate of drug-likeness (QED) is 0.584. The molecule has 0 amide bonds. The highest BCUT2D eigenvalue weighted by atomic mass is 32.2. The maximum Gasteiger partial charge on any atom is 0.416 e. The van der Waals surface area contributed by atoms with Crippen LogP contribution in [0.2, 0.25) is 0 Å². The monoisotopic (exact) mass is 409 g/mol. The van der Waals surface area contributed by atoms with Gasteiger partial charge in [-0.05, 0) is 40.7 Å². The van der Waals surface area contributed by atoms with E-state index in [1.807, 2.05) is 51.1 Å². The summed E-state index contributed by atoms with van der Waals surface area (Å²) in [4.78, 5) is 0. The van der Waals surface area contributed by atoms with Crippen molar-refractivity contribution in [1.29, 1.82) is 0 Å². The Morgan fingerprint density at radius 1 is 1.04 bits per heavy atom. The fourth-order valence-electron chi connectivity index (χ4n) is 2.76. The van der Waals surface area contributed by atoms with E-state index in [0.29, 0.717) is 17.7 Å². The van der Waals surface area contributed by atoms with Gasteiger partial charge in [0.2, 0.25) is 0 Å². The van der Waals surface area contributed by atoms with Gasteiger partial charge in [-0.2, -0.15) is 13.2 Å². The molecule has 6 heteroatoms. The average molecular weight is 410 g/mol. The van der Waals surface area contributed by atoms with Crippen molar-refractivity contribution in [3.8, 4) is 0 Å². The van der Waals surface area contributed by atoms with Crippen LogP contribution in [-0.2, 0) is 17.2 Å². The second-order valence-electron chi connectivity index (χ2n) is 8.01. The number of alkyl halides is 3. The zero-order chi connectivity index (χ0) is 20.9. The van der Waals surface area contributed by atoms with Gasteiger partial charge >= 0.3 is 6.18 Å². The first-order valence-electron chi connectivity index (χ1n) is 9.00. The highest BCUT2D eigenvalue weighted by Crippen LogP contribution is 2.32. The number of rotatable bonds is 7. The van der Waals surface area contributed by atoms with Crippen molar-refractivity contribution in [2.45, 2.75) is 39.4 Å². The average Bonchev–Trinajstić information content (AvgIpc) is 2.59. The molecule has 0 saturated carbocycles. The van der Waals surface area contributed by atoms with Crippen LogP contribution in [0.1, 0.15) is 49.9 Å². The maximum absolute atomic E-state index is 12.9. The lowest BCUT2D eigenvalue weighted by atomic mass is 9.95. The molecule has 0 bridgehead atoms. The van der Waals surface area contributed by atoms with Gasteiger partial charge in [-0.15, -0.1) is 0 Å². The van der Waals surface area contributed by atoms with Gasteiger partial charge in [-0.3, -0.25) is 0 Å². The molecule has 0 radical (unpaired) electrons. The molecule has 2 atom stereocenters. The van der Waals surface area contributed by atoms with Crippen LogP contribution in [0, 0.1) is 5.41 Å². The van der Waals surface area contributed by atoms with Crippen LogP contribution in [-0.4, -0.2) is 9.96 Å². The lowest BCUT2D eigenvalue weighted by Crippen LogP contribution is -2.30. The summed E-state index contributed by atoms with van der Waals surface area (Å²) in [6.45, 7) is 10.1. The number of hydrogen-bond acceptors (Lipinski definition) is 1. The Morgan fingerprint density at radius 3 is 2.11 bits per heavy atom. The molecule has 0 aliphatic carbocycles. The number of halogens is 3. The van der Waals surface area contributed by atoms with Crippen molar-refractivity contribution in [2.24, 2.45) is 5.41 Å². The van der Waals surface area contributed by atoms with Crippen LogP contribution in [0.4, 0.5) is 13.2 Å². The van der Waals surface area contributed by atoms with Gasteiger partial charge in [0.05, 0.1) is 16.5 Å². The Kier molecular flexibility index (Phi) is 7.23. The molecular weight excluding hydrogens is 383 g/mol.